The number of rotatable bonds is 4. The van der Waals surface area contributed by atoms with Gasteiger partial charge in [-0.1, -0.05) is 35.1 Å². The average Bonchev–Trinajstić information content (AvgIpc) is 3.11. The van der Waals surface area contributed by atoms with Gasteiger partial charge in [-0.3, -0.25) is 9.78 Å². The number of piperidine rings is 1. The van der Waals surface area contributed by atoms with E-state index in [-0.39, 0.29) is 11.6 Å². The fraction of sp³-hybridized carbons (Fsp3) is 0.286. The number of nitrogens with one attached hydrogen (secondary N) is 1. The predicted octanol–water partition coefficient (Wildman–Crippen LogP) is 4.34. The Kier molecular flexibility index (Phi) is 5.25. The minimum atomic E-state index is -0.307. The Morgan fingerprint density at radius 1 is 1.21 bits per heavy atom. The normalized spacial score (nSPS) is 14.1. The first kappa shape index (κ1) is 18.4. The maximum absolute atomic E-state index is 12.9. The molecule has 0 atom stereocenters. The van der Waals surface area contributed by atoms with Crippen LogP contribution in [0.4, 0.5) is 16.4 Å². The minimum Gasteiger partial charge on any atom is -0.389 e. The number of carbonyl (C=O) groups is 1. The lowest BCUT2D eigenvalue weighted by atomic mass is 10.1. The van der Waals surface area contributed by atoms with Crippen molar-refractivity contribution in [2.45, 2.75) is 26.2 Å². The van der Waals surface area contributed by atoms with Crippen LogP contribution in [0.3, 0.4) is 0 Å². The van der Waals surface area contributed by atoms with Crippen molar-refractivity contribution in [2.24, 2.45) is 0 Å². The van der Waals surface area contributed by atoms with Crippen molar-refractivity contribution in [3.8, 4) is 10.6 Å². The van der Waals surface area contributed by atoms with E-state index in [1.807, 2.05) is 37.3 Å². The molecule has 1 amide bonds. The molecular weight excluding hydrogens is 370 g/mol. The van der Waals surface area contributed by atoms with Crippen molar-refractivity contribution in [2.75, 3.05) is 29.0 Å². The molecule has 3 heterocycles. The molecule has 0 aliphatic carbocycles. The average molecular weight is 394 g/mol. The maximum Gasteiger partial charge on any atom is 0.277 e. The molecule has 144 valence electrons. The third kappa shape index (κ3) is 3.84. The molecule has 3 aromatic rings. The highest BCUT2D eigenvalue weighted by molar-refractivity contribution is 7.19. The van der Waals surface area contributed by atoms with E-state index in [1.54, 1.807) is 12.4 Å². The number of amides is 1. The highest BCUT2D eigenvalue weighted by atomic mass is 32.1. The zero-order valence-electron chi connectivity index (χ0n) is 15.8. The highest BCUT2D eigenvalue weighted by Gasteiger charge is 2.20. The molecule has 1 saturated heterocycles. The molecule has 0 bridgehead atoms. The fourth-order valence-corrected chi connectivity index (χ4v) is 4.30. The number of nitrogens with zero attached hydrogens (tertiary/aromatic N) is 3. The lowest BCUT2D eigenvalue weighted by Crippen LogP contribution is -2.30. The van der Waals surface area contributed by atoms with Crippen LogP contribution in [0.5, 0.6) is 0 Å². The molecule has 1 aromatic carbocycles. The molecule has 6 nitrogen and oxygen atoms in total. The van der Waals surface area contributed by atoms with E-state index < -0.39 is 0 Å². The van der Waals surface area contributed by atoms with E-state index in [2.05, 4.69) is 20.2 Å². The van der Waals surface area contributed by atoms with Gasteiger partial charge in [0.05, 0.1) is 17.6 Å². The van der Waals surface area contributed by atoms with Crippen molar-refractivity contribution >= 4 is 33.6 Å². The summed E-state index contributed by atoms with van der Waals surface area (Å²) in [6, 6.07) is 9.96. The van der Waals surface area contributed by atoms with Crippen LogP contribution in [0.15, 0.2) is 42.7 Å². The van der Waals surface area contributed by atoms with E-state index in [0.29, 0.717) is 10.7 Å². The zero-order valence-corrected chi connectivity index (χ0v) is 16.6. The molecule has 1 aliphatic rings. The summed E-state index contributed by atoms with van der Waals surface area (Å²) < 4.78 is 0. The van der Waals surface area contributed by atoms with Crippen LogP contribution in [0.1, 0.15) is 35.3 Å². The van der Waals surface area contributed by atoms with Crippen molar-refractivity contribution in [1.29, 1.82) is 0 Å². The second-order valence-electron chi connectivity index (χ2n) is 7.00. The minimum absolute atomic E-state index is 0.259. The van der Waals surface area contributed by atoms with Crippen molar-refractivity contribution in [3.05, 3.63) is 54.0 Å². The molecule has 0 unspecified atom stereocenters. The molecule has 0 saturated carbocycles. The van der Waals surface area contributed by atoms with Crippen LogP contribution in [0.2, 0.25) is 0 Å². The Labute approximate surface area is 168 Å². The monoisotopic (exact) mass is 393 g/mol. The van der Waals surface area contributed by atoms with Crippen molar-refractivity contribution in [3.63, 3.8) is 0 Å². The Hall–Kier alpha value is -2.93. The van der Waals surface area contributed by atoms with Gasteiger partial charge in [0.1, 0.15) is 10.0 Å². The van der Waals surface area contributed by atoms with E-state index in [4.69, 9.17) is 5.73 Å². The number of hydrogen-bond acceptors (Lipinski definition) is 6. The summed E-state index contributed by atoms with van der Waals surface area (Å²) in [5.41, 5.74) is 10.2. The number of thiazole rings is 1. The summed E-state index contributed by atoms with van der Waals surface area (Å²) in [5, 5.41) is 4.12. The summed E-state index contributed by atoms with van der Waals surface area (Å²) >= 11 is 1.33. The molecule has 7 heteroatoms. The van der Waals surface area contributed by atoms with Crippen LogP contribution in [-0.2, 0) is 0 Å². The second kappa shape index (κ2) is 7.98. The van der Waals surface area contributed by atoms with Crippen LogP contribution in [-0.4, -0.2) is 29.0 Å². The topological polar surface area (TPSA) is 84.1 Å². The Bertz CT molecular complexity index is 994. The molecule has 0 spiro atoms. The van der Waals surface area contributed by atoms with Gasteiger partial charge in [0.15, 0.2) is 5.69 Å². The molecule has 28 heavy (non-hydrogen) atoms. The summed E-state index contributed by atoms with van der Waals surface area (Å²) in [6.07, 6.45) is 7.02. The number of nitrogen functional groups attached to an aromatic ring is 1. The Morgan fingerprint density at radius 2 is 2.04 bits per heavy atom. The third-order valence-electron chi connectivity index (χ3n) is 4.88. The molecule has 0 radical (unpaired) electrons. The van der Waals surface area contributed by atoms with E-state index >= 15 is 0 Å². The van der Waals surface area contributed by atoms with Gasteiger partial charge in [0.25, 0.3) is 5.91 Å². The van der Waals surface area contributed by atoms with E-state index in [9.17, 15) is 4.79 Å². The smallest absolute Gasteiger partial charge is 0.277 e. The lowest BCUT2D eigenvalue weighted by molar-refractivity contribution is 0.102. The van der Waals surface area contributed by atoms with Gasteiger partial charge in [0, 0.05) is 24.8 Å². The van der Waals surface area contributed by atoms with Crippen LogP contribution < -0.4 is 16.0 Å². The first-order valence-corrected chi connectivity index (χ1v) is 10.3. The van der Waals surface area contributed by atoms with Crippen LogP contribution in [0.25, 0.3) is 10.6 Å². The number of aromatic nitrogens is 2. The van der Waals surface area contributed by atoms with Gasteiger partial charge in [-0.05, 0) is 38.3 Å². The lowest BCUT2D eigenvalue weighted by Gasteiger charge is -2.30. The molecular formula is C21H23N5OS. The zero-order chi connectivity index (χ0) is 19.5. The first-order chi connectivity index (χ1) is 13.6. The molecule has 3 N–H and O–H groups in total. The molecule has 4 rings (SSSR count). The van der Waals surface area contributed by atoms with Crippen molar-refractivity contribution in [1.82, 2.24) is 9.97 Å². The summed E-state index contributed by atoms with van der Waals surface area (Å²) in [6.45, 7) is 4.01. The summed E-state index contributed by atoms with van der Waals surface area (Å²) in [4.78, 5) is 23.9. The third-order valence-corrected chi connectivity index (χ3v) is 5.81. The van der Waals surface area contributed by atoms with E-state index in [1.165, 1.54) is 17.8 Å². The predicted molar refractivity (Wildman–Crippen MR) is 115 cm³/mol. The van der Waals surface area contributed by atoms with Crippen LogP contribution >= 0.6 is 11.3 Å². The number of nitrogens with two attached hydrogens (primary N) is 1. The number of hydrogen-bond donors (Lipinski definition) is 2. The quantitative estimate of drug-likeness (QED) is 0.689. The van der Waals surface area contributed by atoms with Gasteiger partial charge in [-0.2, -0.15) is 0 Å². The number of anilines is 3. The summed E-state index contributed by atoms with van der Waals surface area (Å²) in [5.74, 6) is -0.307. The number of benzene rings is 1. The molecule has 1 fully saturated rings. The number of carbonyl (C=O) groups excluding carboxylic acids is 1. The van der Waals surface area contributed by atoms with Gasteiger partial charge < -0.3 is 16.0 Å². The van der Waals surface area contributed by atoms with Gasteiger partial charge in [-0.15, -0.1) is 0 Å². The van der Waals surface area contributed by atoms with Crippen LogP contribution in [0, 0.1) is 6.92 Å². The number of aryl methyl sites for hydroxylation is 1. The Morgan fingerprint density at radius 3 is 2.82 bits per heavy atom. The SMILES string of the molecule is Cc1cccc(-c2nc(C(=O)Nc3cnccc3N3CCCCC3)c(N)s2)c1. The van der Waals surface area contributed by atoms with E-state index in [0.717, 1.165) is 47.8 Å². The summed E-state index contributed by atoms with van der Waals surface area (Å²) in [7, 11) is 0. The van der Waals surface area contributed by atoms with Crippen molar-refractivity contribution < 1.29 is 4.79 Å². The number of pyridine rings is 1. The highest BCUT2D eigenvalue weighted by Crippen LogP contribution is 2.32. The maximum atomic E-state index is 12.9. The molecule has 2 aromatic heterocycles. The van der Waals surface area contributed by atoms with Gasteiger partial charge in [-0.25, -0.2) is 4.98 Å². The second-order valence-corrected chi connectivity index (χ2v) is 8.03. The van der Waals surface area contributed by atoms with Gasteiger partial charge in [0.2, 0.25) is 0 Å². The largest absolute Gasteiger partial charge is 0.389 e. The fourth-order valence-electron chi connectivity index (χ4n) is 3.47. The Balaban J connectivity index is 1.58. The first-order valence-electron chi connectivity index (χ1n) is 9.45. The standard InChI is InChI=1S/C21H23N5OS/c1-14-6-5-7-15(12-14)21-25-18(19(22)28-21)20(27)24-16-13-23-9-8-17(16)26-10-3-2-4-11-26/h5-9,12-13H,2-4,10-11,22H2,1H3,(H,24,27). The van der Waals surface area contributed by atoms with Gasteiger partial charge >= 0.3 is 0 Å². The molecule has 1 aliphatic heterocycles.